The van der Waals surface area contributed by atoms with Crippen molar-refractivity contribution in [2.24, 2.45) is 5.10 Å². The fraction of sp³-hybridized carbons (Fsp3) is 0.278. The van der Waals surface area contributed by atoms with E-state index in [0.717, 1.165) is 41.6 Å². The number of nitrogens with zero attached hydrogens (tertiary/aromatic N) is 4. The molecule has 1 aliphatic rings. The summed E-state index contributed by atoms with van der Waals surface area (Å²) < 4.78 is 1.73. The number of nitrogens with one attached hydrogen (secondary N) is 2. The van der Waals surface area contributed by atoms with E-state index < -0.39 is 0 Å². The van der Waals surface area contributed by atoms with Crippen LogP contribution in [0, 0.1) is 0 Å². The van der Waals surface area contributed by atoms with Gasteiger partial charge in [-0.25, -0.2) is 9.50 Å². The number of hydrogen-bond acceptors (Lipinski definition) is 6. The second-order valence-electron chi connectivity index (χ2n) is 5.98. The van der Waals surface area contributed by atoms with Gasteiger partial charge < -0.3 is 4.90 Å². The Hall–Kier alpha value is -2.74. The molecular weight excluding hydrogens is 348 g/mol. The number of hydrazone groups is 1. The van der Waals surface area contributed by atoms with Crippen molar-refractivity contribution in [3.8, 4) is 0 Å². The van der Waals surface area contributed by atoms with Crippen LogP contribution >= 0.6 is 11.8 Å². The average Bonchev–Trinajstić information content (AvgIpc) is 3.00. The van der Waals surface area contributed by atoms with Crippen molar-refractivity contribution in [3.05, 3.63) is 58.9 Å². The molecule has 7 nitrogen and oxygen atoms in total. The third-order valence-corrected chi connectivity index (χ3v) is 4.76. The second-order valence-corrected chi connectivity index (χ2v) is 7.20. The lowest BCUT2D eigenvalue weighted by Gasteiger charge is -2.28. The van der Waals surface area contributed by atoms with Gasteiger partial charge in [0.15, 0.2) is 11.5 Å². The van der Waals surface area contributed by atoms with Crippen LogP contribution in [0.4, 0.5) is 11.6 Å². The van der Waals surface area contributed by atoms with E-state index in [0.29, 0.717) is 11.5 Å². The van der Waals surface area contributed by atoms with Crippen molar-refractivity contribution in [2.45, 2.75) is 6.92 Å². The van der Waals surface area contributed by atoms with Crippen LogP contribution in [0.5, 0.6) is 0 Å². The summed E-state index contributed by atoms with van der Waals surface area (Å²) in [4.78, 5) is 18.5. The second kappa shape index (κ2) is 8.09. The molecular formula is C18H22N6OS. The summed E-state index contributed by atoms with van der Waals surface area (Å²) in [7, 11) is 0. The number of H-pyrrole nitrogens is 1. The van der Waals surface area contributed by atoms with Crippen molar-refractivity contribution < 1.29 is 0 Å². The van der Waals surface area contributed by atoms with Crippen molar-refractivity contribution >= 4 is 35.3 Å². The monoisotopic (exact) mass is 370 g/mol. The Balaban J connectivity index is 1.90. The largest absolute Gasteiger partial charge is 0.355 e. The third kappa shape index (κ3) is 4.26. The van der Waals surface area contributed by atoms with Gasteiger partial charge in [0.1, 0.15) is 5.82 Å². The molecule has 136 valence electrons. The van der Waals surface area contributed by atoms with Crippen LogP contribution in [0.2, 0.25) is 0 Å². The van der Waals surface area contributed by atoms with Crippen LogP contribution < -0.4 is 15.9 Å². The van der Waals surface area contributed by atoms with Gasteiger partial charge in [-0.15, -0.1) is 0 Å². The Kier molecular flexibility index (Phi) is 5.62. The summed E-state index contributed by atoms with van der Waals surface area (Å²) >= 11 is 1.93. The van der Waals surface area contributed by atoms with Gasteiger partial charge in [0.25, 0.3) is 5.56 Å². The molecule has 0 saturated carbocycles. The van der Waals surface area contributed by atoms with E-state index in [2.05, 4.69) is 38.7 Å². The summed E-state index contributed by atoms with van der Waals surface area (Å²) in [6.45, 7) is 11.4. The average molecular weight is 370 g/mol. The highest BCUT2D eigenvalue weighted by atomic mass is 32.2. The lowest BCUT2D eigenvalue weighted by atomic mass is 10.2. The first-order valence-corrected chi connectivity index (χ1v) is 9.46. The highest BCUT2D eigenvalue weighted by Gasteiger charge is 2.16. The fourth-order valence-electron chi connectivity index (χ4n) is 2.67. The van der Waals surface area contributed by atoms with Crippen LogP contribution in [0.3, 0.4) is 0 Å². The van der Waals surface area contributed by atoms with Crippen molar-refractivity contribution in [3.63, 3.8) is 0 Å². The van der Waals surface area contributed by atoms with E-state index in [4.69, 9.17) is 0 Å². The van der Waals surface area contributed by atoms with Gasteiger partial charge in [-0.3, -0.25) is 15.3 Å². The number of hydrogen-bond donors (Lipinski definition) is 2. The Morgan fingerprint density at radius 3 is 2.88 bits per heavy atom. The highest BCUT2D eigenvalue weighted by Crippen LogP contribution is 2.22. The molecule has 0 unspecified atom stereocenters. The number of aromatic amines is 1. The van der Waals surface area contributed by atoms with Crippen LogP contribution in [0.1, 0.15) is 6.92 Å². The first-order chi connectivity index (χ1) is 12.6. The molecule has 0 bridgehead atoms. The van der Waals surface area contributed by atoms with Gasteiger partial charge in [0, 0.05) is 36.7 Å². The molecule has 0 amide bonds. The quantitative estimate of drug-likeness (QED) is 0.464. The molecule has 8 heteroatoms. The lowest BCUT2D eigenvalue weighted by Crippen LogP contribution is -2.34. The molecule has 0 aliphatic carbocycles. The van der Waals surface area contributed by atoms with Gasteiger partial charge >= 0.3 is 0 Å². The summed E-state index contributed by atoms with van der Waals surface area (Å²) in [5.74, 6) is 3.60. The summed E-state index contributed by atoms with van der Waals surface area (Å²) in [5.41, 5.74) is 5.09. The minimum absolute atomic E-state index is 0.177. The predicted octanol–water partition coefficient (Wildman–Crippen LogP) is 2.66. The van der Waals surface area contributed by atoms with Gasteiger partial charge in [0.05, 0.1) is 6.21 Å². The van der Waals surface area contributed by atoms with Crippen LogP contribution in [-0.2, 0) is 0 Å². The van der Waals surface area contributed by atoms with Crippen molar-refractivity contribution in [2.75, 3.05) is 34.9 Å². The standard InChI is InChI=1S/C18H22N6OS/c1-4-14(9-13(2)3)12-19-21-15-10-18(23-5-7-26-8-6-23)24-16(20-15)11-17(25)22-24/h4,9-12H,1-2,5-8H2,3H3,(H,20,21)(H,22,25)/b14-9+,19-12+. The summed E-state index contributed by atoms with van der Waals surface area (Å²) in [5, 5.41) is 7.04. The third-order valence-electron chi connectivity index (χ3n) is 3.82. The Morgan fingerprint density at radius 1 is 1.42 bits per heavy atom. The van der Waals surface area contributed by atoms with Crippen LogP contribution in [0.15, 0.2) is 58.5 Å². The molecule has 3 heterocycles. The molecule has 26 heavy (non-hydrogen) atoms. The maximum Gasteiger partial charge on any atom is 0.266 e. The number of thioether (sulfide) groups is 1. The molecule has 0 atom stereocenters. The van der Waals surface area contributed by atoms with Gasteiger partial charge in [-0.1, -0.05) is 30.9 Å². The Labute approximate surface area is 156 Å². The Bertz CT molecular complexity index is 933. The SMILES string of the molecule is C=CC(/C=N/Nc1cc(N2CCSCC2)n2[nH]c(=O)cc2n1)=C\C(=C)C. The molecule has 1 saturated heterocycles. The number of rotatable bonds is 6. The maximum atomic E-state index is 11.8. The molecule has 2 N–H and O–H groups in total. The van der Waals surface area contributed by atoms with E-state index in [1.807, 2.05) is 30.8 Å². The number of aromatic nitrogens is 3. The fourth-order valence-corrected chi connectivity index (χ4v) is 3.57. The predicted molar refractivity (Wildman–Crippen MR) is 111 cm³/mol. The normalized spacial score (nSPS) is 15.6. The summed E-state index contributed by atoms with van der Waals surface area (Å²) in [6.07, 6.45) is 5.25. The number of allylic oxidation sites excluding steroid dienone is 4. The Morgan fingerprint density at radius 2 is 2.19 bits per heavy atom. The van der Waals surface area contributed by atoms with Gasteiger partial charge in [-0.05, 0) is 12.5 Å². The minimum Gasteiger partial charge on any atom is -0.355 e. The van der Waals surface area contributed by atoms with Crippen LogP contribution in [-0.4, -0.2) is 45.4 Å². The molecule has 0 aromatic carbocycles. The zero-order chi connectivity index (χ0) is 18.5. The van der Waals surface area contributed by atoms with Crippen molar-refractivity contribution in [1.29, 1.82) is 0 Å². The van der Waals surface area contributed by atoms with E-state index in [-0.39, 0.29) is 5.56 Å². The number of fused-ring (bicyclic) bond motifs is 1. The van der Waals surface area contributed by atoms with Gasteiger partial charge in [0.2, 0.25) is 0 Å². The lowest BCUT2D eigenvalue weighted by molar-refractivity contribution is 0.791. The molecule has 1 aliphatic heterocycles. The van der Waals surface area contributed by atoms with E-state index in [1.54, 1.807) is 16.8 Å². The molecule has 0 spiro atoms. The topological polar surface area (TPSA) is 77.8 Å². The first kappa shape index (κ1) is 18.1. The zero-order valence-electron chi connectivity index (χ0n) is 14.7. The molecule has 3 rings (SSSR count). The maximum absolute atomic E-state index is 11.8. The molecule has 2 aromatic rings. The summed E-state index contributed by atoms with van der Waals surface area (Å²) in [6, 6.07) is 3.37. The van der Waals surface area contributed by atoms with Crippen molar-refractivity contribution in [1.82, 2.24) is 14.6 Å². The zero-order valence-corrected chi connectivity index (χ0v) is 15.6. The van der Waals surface area contributed by atoms with Crippen LogP contribution in [0.25, 0.3) is 5.65 Å². The van der Waals surface area contributed by atoms with E-state index in [9.17, 15) is 4.79 Å². The minimum atomic E-state index is -0.177. The smallest absolute Gasteiger partial charge is 0.266 e. The number of anilines is 2. The van der Waals surface area contributed by atoms with E-state index >= 15 is 0 Å². The molecule has 1 fully saturated rings. The van der Waals surface area contributed by atoms with E-state index in [1.165, 1.54) is 6.07 Å². The molecule has 2 aromatic heterocycles. The molecule has 0 radical (unpaired) electrons. The first-order valence-electron chi connectivity index (χ1n) is 8.31. The highest BCUT2D eigenvalue weighted by molar-refractivity contribution is 7.99. The van der Waals surface area contributed by atoms with Gasteiger partial charge in [-0.2, -0.15) is 16.9 Å².